The van der Waals surface area contributed by atoms with Crippen LogP contribution >= 0.6 is 11.3 Å². The normalized spacial score (nSPS) is 14.4. The van der Waals surface area contributed by atoms with Gasteiger partial charge in [-0.15, -0.1) is 11.3 Å². The Labute approximate surface area is 150 Å². The molecule has 2 N–H and O–H groups in total. The van der Waals surface area contributed by atoms with E-state index in [1.807, 2.05) is 66.9 Å². The zero-order valence-electron chi connectivity index (χ0n) is 13.7. The van der Waals surface area contributed by atoms with E-state index in [-0.39, 0.29) is 11.6 Å². The lowest BCUT2D eigenvalue weighted by molar-refractivity contribution is 0.411. The molecule has 0 saturated heterocycles. The molecule has 0 aliphatic carbocycles. The van der Waals surface area contributed by atoms with Crippen LogP contribution in [0, 0.1) is 12.3 Å². The molecule has 0 saturated carbocycles. The molecule has 0 fully saturated rings. The van der Waals surface area contributed by atoms with Crippen LogP contribution in [0.1, 0.15) is 10.6 Å². The highest BCUT2D eigenvalue weighted by Crippen LogP contribution is 2.34. The number of aliphatic hydroxyl groups excluding tert-OH is 1. The first-order valence-corrected chi connectivity index (χ1v) is 8.88. The Morgan fingerprint density at radius 3 is 2.68 bits per heavy atom. The molecule has 2 heterocycles. The Morgan fingerprint density at radius 2 is 1.92 bits per heavy atom. The third kappa shape index (κ3) is 2.83. The number of aromatic nitrogens is 1. The zero-order chi connectivity index (χ0) is 17.4. The van der Waals surface area contributed by atoms with E-state index in [0.29, 0.717) is 17.1 Å². The van der Waals surface area contributed by atoms with E-state index in [1.54, 1.807) is 4.90 Å². The number of hydrogen-bond acceptors (Lipinski definition) is 4. The van der Waals surface area contributed by atoms with E-state index >= 15 is 0 Å². The molecule has 4 nitrogen and oxygen atoms in total. The van der Waals surface area contributed by atoms with Crippen LogP contribution in [-0.2, 0) is 0 Å². The van der Waals surface area contributed by atoms with Crippen LogP contribution in [0.3, 0.4) is 0 Å². The number of aryl methyl sites for hydroxylation is 1. The SMILES string of the molecule is Cc1cccc(N2CC(O)=C(c3nc(-c4ccccc4)cs3)C2=N)c1. The van der Waals surface area contributed by atoms with Gasteiger partial charge in [-0.2, -0.15) is 0 Å². The maximum absolute atomic E-state index is 10.5. The molecule has 0 bridgehead atoms. The van der Waals surface area contributed by atoms with Gasteiger partial charge < -0.3 is 10.0 Å². The minimum Gasteiger partial charge on any atom is -0.510 e. The van der Waals surface area contributed by atoms with E-state index in [0.717, 1.165) is 22.5 Å². The summed E-state index contributed by atoms with van der Waals surface area (Å²) in [6, 6.07) is 17.9. The second-order valence-electron chi connectivity index (χ2n) is 6.00. The number of nitrogens with zero attached hydrogens (tertiary/aromatic N) is 2. The van der Waals surface area contributed by atoms with Gasteiger partial charge in [0.05, 0.1) is 17.8 Å². The van der Waals surface area contributed by atoms with Gasteiger partial charge in [0.15, 0.2) is 0 Å². The van der Waals surface area contributed by atoms with Gasteiger partial charge in [-0.05, 0) is 24.6 Å². The molecule has 5 heteroatoms. The summed E-state index contributed by atoms with van der Waals surface area (Å²) in [6.45, 7) is 2.32. The molecule has 1 aliphatic heterocycles. The molecule has 1 aliphatic rings. The minimum atomic E-state index is 0.195. The van der Waals surface area contributed by atoms with Crippen molar-refractivity contribution in [1.29, 1.82) is 5.41 Å². The second kappa shape index (κ2) is 6.18. The maximum Gasteiger partial charge on any atom is 0.139 e. The van der Waals surface area contributed by atoms with Crippen LogP contribution in [0.5, 0.6) is 0 Å². The molecule has 0 radical (unpaired) electrons. The minimum absolute atomic E-state index is 0.195. The number of amidine groups is 1. The number of rotatable bonds is 3. The number of nitrogens with one attached hydrogen (secondary N) is 1. The number of aliphatic hydroxyl groups is 1. The zero-order valence-corrected chi connectivity index (χ0v) is 14.5. The Balaban J connectivity index is 1.66. The molecule has 3 aromatic rings. The van der Waals surface area contributed by atoms with Crippen LogP contribution in [0.15, 0.2) is 65.7 Å². The molecule has 124 valence electrons. The van der Waals surface area contributed by atoms with Crippen LogP contribution in [-0.4, -0.2) is 22.5 Å². The third-order valence-corrected chi connectivity index (χ3v) is 5.06. The highest BCUT2D eigenvalue weighted by atomic mass is 32.1. The third-order valence-electron chi connectivity index (χ3n) is 4.20. The quantitative estimate of drug-likeness (QED) is 0.709. The summed E-state index contributed by atoms with van der Waals surface area (Å²) >= 11 is 1.45. The predicted molar refractivity (Wildman–Crippen MR) is 103 cm³/mol. The fraction of sp³-hybridized carbons (Fsp3) is 0.100. The lowest BCUT2D eigenvalue weighted by Crippen LogP contribution is -2.26. The van der Waals surface area contributed by atoms with Gasteiger partial charge >= 0.3 is 0 Å². The number of anilines is 1. The lowest BCUT2D eigenvalue weighted by atomic mass is 10.2. The molecule has 0 atom stereocenters. The van der Waals surface area contributed by atoms with Crippen molar-refractivity contribution in [3.05, 3.63) is 76.3 Å². The molecule has 2 aromatic carbocycles. The topological polar surface area (TPSA) is 60.2 Å². The Kier molecular flexibility index (Phi) is 3.86. The summed E-state index contributed by atoms with van der Waals surface area (Å²) in [5.41, 5.74) is 4.45. The van der Waals surface area contributed by atoms with Crippen LogP contribution < -0.4 is 4.90 Å². The molecule has 0 amide bonds. The summed E-state index contributed by atoms with van der Waals surface area (Å²) in [7, 11) is 0. The van der Waals surface area contributed by atoms with Gasteiger partial charge in [-0.25, -0.2) is 4.98 Å². The molecular weight excluding hydrogens is 330 g/mol. The summed E-state index contributed by atoms with van der Waals surface area (Å²) in [5, 5.41) is 21.6. The van der Waals surface area contributed by atoms with Crippen molar-refractivity contribution >= 4 is 28.4 Å². The van der Waals surface area contributed by atoms with Crippen molar-refractivity contribution in [3.63, 3.8) is 0 Å². The monoisotopic (exact) mass is 347 g/mol. The highest BCUT2D eigenvalue weighted by molar-refractivity contribution is 7.11. The molecule has 4 rings (SSSR count). The lowest BCUT2D eigenvalue weighted by Gasteiger charge is -2.18. The van der Waals surface area contributed by atoms with E-state index in [4.69, 9.17) is 5.41 Å². The molecule has 25 heavy (non-hydrogen) atoms. The Bertz CT molecular complexity index is 975. The largest absolute Gasteiger partial charge is 0.510 e. The van der Waals surface area contributed by atoms with Crippen molar-refractivity contribution in [2.45, 2.75) is 6.92 Å². The summed E-state index contributed by atoms with van der Waals surface area (Å²) in [4.78, 5) is 6.45. The van der Waals surface area contributed by atoms with Gasteiger partial charge in [0, 0.05) is 16.6 Å². The van der Waals surface area contributed by atoms with Crippen molar-refractivity contribution in [2.75, 3.05) is 11.4 Å². The Hall–Kier alpha value is -2.92. The van der Waals surface area contributed by atoms with Crippen LogP contribution in [0.2, 0.25) is 0 Å². The van der Waals surface area contributed by atoms with Gasteiger partial charge in [-0.1, -0.05) is 42.5 Å². The second-order valence-corrected chi connectivity index (χ2v) is 6.86. The summed E-state index contributed by atoms with van der Waals surface area (Å²) < 4.78 is 0. The van der Waals surface area contributed by atoms with Crippen LogP contribution in [0.25, 0.3) is 16.8 Å². The first-order chi connectivity index (χ1) is 12.1. The Morgan fingerprint density at radius 1 is 1.12 bits per heavy atom. The molecule has 0 unspecified atom stereocenters. The van der Waals surface area contributed by atoms with Crippen molar-refractivity contribution in [2.24, 2.45) is 0 Å². The summed E-state index contributed by atoms with van der Waals surface area (Å²) in [5.74, 6) is 0.484. The van der Waals surface area contributed by atoms with Gasteiger partial charge in [0.25, 0.3) is 0 Å². The average molecular weight is 347 g/mol. The first kappa shape index (κ1) is 15.6. The van der Waals surface area contributed by atoms with Gasteiger partial charge in [-0.3, -0.25) is 5.41 Å². The molecule has 1 aromatic heterocycles. The number of benzene rings is 2. The molecule has 0 spiro atoms. The average Bonchev–Trinajstić information content (AvgIpc) is 3.20. The van der Waals surface area contributed by atoms with Gasteiger partial charge in [0.2, 0.25) is 0 Å². The number of hydrogen-bond donors (Lipinski definition) is 2. The maximum atomic E-state index is 10.5. The smallest absolute Gasteiger partial charge is 0.139 e. The highest BCUT2D eigenvalue weighted by Gasteiger charge is 2.31. The van der Waals surface area contributed by atoms with Crippen molar-refractivity contribution < 1.29 is 5.11 Å². The number of thiazole rings is 1. The fourth-order valence-corrected chi connectivity index (χ4v) is 3.85. The van der Waals surface area contributed by atoms with Crippen LogP contribution in [0.4, 0.5) is 5.69 Å². The standard InChI is InChI=1S/C20H17N3OS/c1-13-6-5-9-15(10-13)23-11-17(24)18(19(23)21)20-22-16(12-25-20)14-7-3-2-4-8-14/h2-10,12,21,24H,11H2,1H3. The first-order valence-electron chi connectivity index (χ1n) is 8.00. The van der Waals surface area contributed by atoms with E-state index in [1.165, 1.54) is 11.3 Å². The van der Waals surface area contributed by atoms with E-state index in [2.05, 4.69) is 4.98 Å². The van der Waals surface area contributed by atoms with E-state index in [9.17, 15) is 5.11 Å². The molecular formula is C20H17N3OS. The summed E-state index contributed by atoms with van der Waals surface area (Å²) in [6.07, 6.45) is 0. The van der Waals surface area contributed by atoms with Crippen molar-refractivity contribution in [1.82, 2.24) is 4.98 Å². The van der Waals surface area contributed by atoms with E-state index < -0.39 is 0 Å². The van der Waals surface area contributed by atoms with Gasteiger partial charge in [0.1, 0.15) is 16.6 Å². The predicted octanol–water partition coefficient (Wildman–Crippen LogP) is 4.89. The van der Waals surface area contributed by atoms with Crippen molar-refractivity contribution in [3.8, 4) is 11.3 Å². The fourth-order valence-electron chi connectivity index (χ4n) is 2.95.